The molecular weight excluding hydrogens is 207 g/mol. The zero-order valence-electron chi connectivity index (χ0n) is 7.88. The van der Waals surface area contributed by atoms with Crippen LogP contribution in [0.4, 0.5) is 0 Å². The van der Waals surface area contributed by atoms with Gasteiger partial charge in [-0.25, -0.2) is 9.78 Å². The molecule has 5 nitrogen and oxygen atoms in total. The van der Waals surface area contributed by atoms with Crippen LogP contribution in [0.3, 0.4) is 0 Å². The Balaban J connectivity index is 2.46. The van der Waals surface area contributed by atoms with Gasteiger partial charge in [-0.3, -0.25) is 0 Å². The zero-order valence-corrected chi connectivity index (χ0v) is 8.77. The number of hydrogen-bond donors (Lipinski definition) is 0. The molecule has 0 spiro atoms. The monoisotopic (exact) mass is 218 g/mol. The molecule has 6 heteroatoms. The highest BCUT2D eigenvalue weighted by atomic mass is 31.2. The third-order valence-electron chi connectivity index (χ3n) is 1.19. The molecule has 0 atom stereocenters. The fourth-order valence-corrected chi connectivity index (χ4v) is 1.35. The summed E-state index contributed by atoms with van der Waals surface area (Å²) in [5, 5.41) is 0. The Labute approximate surface area is 83.3 Å². The van der Waals surface area contributed by atoms with Gasteiger partial charge < -0.3 is 4.52 Å². The van der Waals surface area contributed by atoms with Crippen LogP contribution >= 0.6 is 8.60 Å². The molecule has 0 heterocycles. The summed E-state index contributed by atoms with van der Waals surface area (Å²) in [6.07, 6.45) is 0. The van der Waals surface area contributed by atoms with Gasteiger partial charge >= 0.3 is 8.60 Å². The lowest BCUT2D eigenvalue weighted by molar-refractivity contribution is -0.240. The maximum atomic E-state index is 5.27. The predicted molar refractivity (Wildman–Crippen MR) is 50.2 cm³/mol. The second kappa shape index (κ2) is 6.70. The van der Waals surface area contributed by atoms with Gasteiger partial charge in [0.15, 0.2) is 0 Å². The largest absolute Gasteiger partial charge is 0.456 e. The van der Waals surface area contributed by atoms with E-state index in [9.17, 15) is 0 Å². The van der Waals surface area contributed by atoms with Crippen LogP contribution in [0.1, 0.15) is 0 Å². The molecule has 0 aromatic heterocycles. The van der Waals surface area contributed by atoms with Crippen molar-refractivity contribution in [3.8, 4) is 5.75 Å². The highest BCUT2D eigenvalue weighted by Gasteiger charge is 2.16. The summed E-state index contributed by atoms with van der Waals surface area (Å²) >= 11 is 0. The van der Waals surface area contributed by atoms with Gasteiger partial charge in [0, 0.05) is 0 Å². The summed E-state index contributed by atoms with van der Waals surface area (Å²) in [5.74, 6) is 0.618. The third-order valence-corrected chi connectivity index (χ3v) is 2.10. The van der Waals surface area contributed by atoms with E-state index >= 15 is 0 Å². The molecule has 1 aromatic carbocycles. The topological polar surface area (TPSA) is 46.2 Å². The SMILES string of the molecule is COOP(OOC)Oc1ccccc1. The Kier molecular flexibility index (Phi) is 5.44. The molecule has 0 unspecified atom stereocenters. The molecule has 0 amide bonds. The van der Waals surface area contributed by atoms with E-state index in [1.165, 1.54) is 14.2 Å². The van der Waals surface area contributed by atoms with Crippen molar-refractivity contribution in [3.05, 3.63) is 30.3 Å². The van der Waals surface area contributed by atoms with Crippen LogP contribution in [0.15, 0.2) is 30.3 Å². The van der Waals surface area contributed by atoms with Gasteiger partial charge in [0.25, 0.3) is 0 Å². The van der Waals surface area contributed by atoms with Gasteiger partial charge in [-0.1, -0.05) is 18.2 Å². The molecule has 0 saturated heterocycles. The minimum absolute atomic E-state index is 0.618. The van der Waals surface area contributed by atoms with Gasteiger partial charge in [-0.2, -0.15) is 0 Å². The van der Waals surface area contributed by atoms with Crippen LogP contribution in [0, 0.1) is 0 Å². The van der Waals surface area contributed by atoms with E-state index in [0.717, 1.165) is 0 Å². The van der Waals surface area contributed by atoms with Crippen molar-refractivity contribution >= 4 is 8.60 Å². The molecule has 78 valence electrons. The lowest BCUT2D eigenvalue weighted by Crippen LogP contribution is -1.96. The zero-order chi connectivity index (χ0) is 10.2. The highest BCUT2D eigenvalue weighted by molar-refractivity contribution is 7.41. The fraction of sp³-hybridized carbons (Fsp3) is 0.250. The number of para-hydroxylation sites is 1. The predicted octanol–water partition coefficient (Wildman–Crippen LogP) is 2.45. The van der Waals surface area contributed by atoms with Crippen LogP contribution in [0.25, 0.3) is 0 Å². The maximum Gasteiger partial charge on any atom is 0.456 e. The van der Waals surface area contributed by atoms with E-state index < -0.39 is 8.60 Å². The van der Waals surface area contributed by atoms with Crippen LogP contribution in [0.2, 0.25) is 0 Å². The normalized spacial score (nSPS) is 10.5. The second-order valence-corrected chi connectivity index (χ2v) is 3.04. The van der Waals surface area contributed by atoms with Gasteiger partial charge in [0.1, 0.15) is 5.75 Å². The van der Waals surface area contributed by atoms with Crippen LogP contribution in [-0.4, -0.2) is 14.2 Å². The Morgan fingerprint density at radius 1 is 0.929 bits per heavy atom. The van der Waals surface area contributed by atoms with E-state index in [1.807, 2.05) is 18.2 Å². The molecule has 0 N–H and O–H groups in total. The minimum atomic E-state index is -1.68. The smallest absolute Gasteiger partial charge is 0.424 e. The van der Waals surface area contributed by atoms with Gasteiger partial charge in [-0.15, -0.1) is 9.35 Å². The molecule has 0 aliphatic carbocycles. The summed E-state index contributed by atoms with van der Waals surface area (Å²) in [5.41, 5.74) is 0. The standard InChI is InChI=1S/C8H11O5P/c1-9-12-14(13-10-2)11-8-6-4-3-5-7-8/h3-7H,1-2H3. The molecule has 0 aliphatic heterocycles. The first-order chi connectivity index (χ1) is 6.86. The first kappa shape index (κ1) is 11.4. The molecule has 0 aliphatic rings. The van der Waals surface area contributed by atoms with Crippen molar-refractivity contribution in [2.75, 3.05) is 14.2 Å². The molecule has 1 aromatic rings. The minimum Gasteiger partial charge on any atom is -0.424 e. The molecule has 0 fully saturated rings. The molecular formula is C8H11O5P. The molecule has 0 radical (unpaired) electrons. The van der Waals surface area contributed by atoms with E-state index in [2.05, 4.69) is 19.1 Å². The second-order valence-electron chi connectivity index (χ2n) is 2.11. The maximum absolute atomic E-state index is 5.27. The van der Waals surface area contributed by atoms with Crippen molar-refractivity contribution in [2.24, 2.45) is 0 Å². The van der Waals surface area contributed by atoms with E-state index in [0.29, 0.717) is 5.75 Å². The average molecular weight is 218 g/mol. The number of rotatable bonds is 6. The Morgan fingerprint density at radius 2 is 1.50 bits per heavy atom. The molecule has 14 heavy (non-hydrogen) atoms. The number of benzene rings is 1. The van der Waals surface area contributed by atoms with Crippen molar-refractivity contribution in [3.63, 3.8) is 0 Å². The van der Waals surface area contributed by atoms with Crippen LogP contribution in [-0.2, 0) is 19.1 Å². The van der Waals surface area contributed by atoms with Crippen LogP contribution in [0.5, 0.6) is 5.75 Å². The van der Waals surface area contributed by atoms with Crippen LogP contribution < -0.4 is 4.52 Å². The summed E-state index contributed by atoms with van der Waals surface area (Å²) in [7, 11) is 1.05. The highest BCUT2D eigenvalue weighted by Crippen LogP contribution is 2.40. The molecule has 1 rings (SSSR count). The Hall–Kier alpha value is -0.710. The first-order valence-corrected chi connectivity index (χ1v) is 4.91. The van der Waals surface area contributed by atoms with Crippen molar-refractivity contribution in [1.82, 2.24) is 0 Å². The van der Waals surface area contributed by atoms with E-state index in [4.69, 9.17) is 4.52 Å². The molecule has 0 saturated carbocycles. The lowest BCUT2D eigenvalue weighted by Gasteiger charge is -2.12. The average Bonchev–Trinajstić information content (AvgIpc) is 2.20. The van der Waals surface area contributed by atoms with Gasteiger partial charge in [-0.05, 0) is 12.1 Å². The lowest BCUT2D eigenvalue weighted by atomic mass is 10.3. The molecule has 0 bridgehead atoms. The van der Waals surface area contributed by atoms with Crippen molar-refractivity contribution in [1.29, 1.82) is 0 Å². The van der Waals surface area contributed by atoms with Gasteiger partial charge in [0.05, 0.1) is 14.2 Å². The van der Waals surface area contributed by atoms with E-state index in [1.54, 1.807) is 12.1 Å². The van der Waals surface area contributed by atoms with Crippen molar-refractivity contribution < 1.29 is 23.6 Å². The Morgan fingerprint density at radius 3 is 2.00 bits per heavy atom. The van der Waals surface area contributed by atoms with E-state index in [-0.39, 0.29) is 0 Å². The summed E-state index contributed by atoms with van der Waals surface area (Å²) < 4.78 is 14.6. The number of hydrogen-bond acceptors (Lipinski definition) is 5. The summed E-state index contributed by atoms with van der Waals surface area (Å²) in [6, 6.07) is 9.09. The fourth-order valence-electron chi connectivity index (χ4n) is 0.732. The quantitative estimate of drug-likeness (QED) is 0.417. The Bertz CT molecular complexity index is 237. The first-order valence-electron chi connectivity index (χ1n) is 3.81. The summed E-state index contributed by atoms with van der Waals surface area (Å²) in [6.45, 7) is 0. The third kappa shape index (κ3) is 4.00. The van der Waals surface area contributed by atoms with Crippen molar-refractivity contribution in [2.45, 2.75) is 0 Å². The summed E-state index contributed by atoms with van der Waals surface area (Å²) in [4.78, 5) is 8.86. The van der Waals surface area contributed by atoms with Gasteiger partial charge in [0.2, 0.25) is 0 Å².